The van der Waals surface area contributed by atoms with Gasteiger partial charge in [-0.05, 0) is 62.4 Å². The van der Waals surface area contributed by atoms with E-state index in [9.17, 15) is 4.79 Å². The van der Waals surface area contributed by atoms with Crippen molar-refractivity contribution in [3.8, 4) is 0 Å². The lowest BCUT2D eigenvalue weighted by Gasteiger charge is -2.36. The van der Waals surface area contributed by atoms with E-state index in [1.807, 2.05) is 50.1 Å². The van der Waals surface area contributed by atoms with Gasteiger partial charge in [0.2, 0.25) is 0 Å². The molecule has 2 fully saturated rings. The summed E-state index contributed by atoms with van der Waals surface area (Å²) < 4.78 is 0. The van der Waals surface area contributed by atoms with Gasteiger partial charge in [-0.3, -0.25) is 4.79 Å². The van der Waals surface area contributed by atoms with E-state index in [4.69, 9.17) is 0 Å². The fourth-order valence-electron chi connectivity index (χ4n) is 3.76. The quantitative estimate of drug-likeness (QED) is 0.823. The van der Waals surface area contributed by atoms with Crippen LogP contribution in [0.25, 0.3) is 0 Å². The van der Waals surface area contributed by atoms with Crippen LogP contribution in [0.1, 0.15) is 36.0 Å². The molecule has 4 nitrogen and oxygen atoms in total. The Labute approximate surface area is 156 Å². The van der Waals surface area contributed by atoms with Crippen molar-refractivity contribution < 1.29 is 4.79 Å². The van der Waals surface area contributed by atoms with Crippen LogP contribution in [0.5, 0.6) is 0 Å². The smallest absolute Gasteiger partial charge is 0.254 e. The molecule has 138 valence electrons. The Morgan fingerprint density at radius 2 is 1.80 bits per heavy atom. The third kappa shape index (κ3) is 4.91. The number of likely N-dealkylation sites (tertiary alicyclic amines) is 1. The van der Waals surface area contributed by atoms with Crippen molar-refractivity contribution >= 4 is 23.4 Å². The molecule has 0 saturated carbocycles. The van der Waals surface area contributed by atoms with Crippen LogP contribution >= 0.6 is 11.8 Å². The molecule has 1 amide bonds. The van der Waals surface area contributed by atoms with Crippen LogP contribution < -0.4 is 4.90 Å². The summed E-state index contributed by atoms with van der Waals surface area (Å²) in [6.45, 7) is 4.32. The van der Waals surface area contributed by atoms with E-state index >= 15 is 0 Å². The lowest BCUT2D eigenvalue weighted by atomic mass is 10.1. The molecule has 1 aromatic carbocycles. The molecule has 2 aliphatic rings. The van der Waals surface area contributed by atoms with E-state index in [1.165, 1.54) is 38.1 Å². The number of thioether (sulfide) groups is 1. The first-order valence-electron chi connectivity index (χ1n) is 9.53. The third-order valence-corrected chi connectivity index (χ3v) is 6.45. The SMILES string of the molecule is CN(C)c1ccc(C(=O)N2CCCSCC2CN2CCCCC2)cc1. The van der Waals surface area contributed by atoms with Crippen molar-refractivity contribution in [2.75, 3.05) is 56.7 Å². The van der Waals surface area contributed by atoms with Crippen molar-refractivity contribution in [3.63, 3.8) is 0 Å². The number of benzene rings is 1. The Hall–Kier alpha value is -1.20. The predicted molar refractivity (Wildman–Crippen MR) is 108 cm³/mol. The summed E-state index contributed by atoms with van der Waals surface area (Å²) in [5, 5.41) is 0. The monoisotopic (exact) mass is 361 g/mol. The normalized spacial score (nSPS) is 22.5. The summed E-state index contributed by atoms with van der Waals surface area (Å²) in [5.74, 6) is 2.44. The molecule has 25 heavy (non-hydrogen) atoms. The number of carbonyl (C=O) groups excluding carboxylic acids is 1. The Balaban J connectivity index is 1.71. The summed E-state index contributed by atoms with van der Waals surface area (Å²) in [6.07, 6.45) is 5.07. The number of piperidine rings is 1. The van der Waals surface area contributed by atoms with E-state index < -0.39 is 0 Å². The van der Waals surface area contributed by atoms with Crippen LogP contribution in [0.2, 0.25) is 0 Å². The average Bonchev–Trinajstić information content (AvgIpc) is 2.87. The number of amides is 1. The Bertz CT molecular complexity index is 555. The number of hydrogen-bond donors (Lipinski definition) is 0. The van der Waals surface area contributed by atoms with Gasteiger partial charge >= 0.3 is 0 Å². The highest BCUT2D eigenvalue weighted by atomic mass is 32.2. The van der Waals surface area contributed by atoms with Gasteiger partial charge in [-0.1, -0.05) is 6.42 Å². The summed E-state index contributed by atoms with van der Waals surface area (Å²) >= 11 is 2.01. The molecular weight excluding hydrogens is 330 g/mol. The number of hydrogen-bond acceptors (Lipinski definition) is 4. The number of nitrogens with zero attached hydrogens (tertiary/aromatic N) is 3. The Morgan fingerprint density at radius 3 is 2.48 bits per heavy atom. The number of rotatable bonds is 4. The number of anilines is 1. The second-order valence-electron chi connectivity index (χ2n) is 7.38. The average molecular weight is 362 g/mol. The van der Waals surface area contributed by atoms with Gasteiger partial charge in [0.25, 0.3) is 5.91 Å². The van der Waals surface area contributed by atoms with Gasteiger partial charge in [-0.15, -0.1) is 0 Å². The van der Waals surface area contributed by atoms with E-state index in [1.54, 1.807) is 0 Å². The molecule has 1 atom stereocenters. The maximum Gasteiger partial charge on any atom is 0.254 e. The van der Waals surface area contributed by atoms with Crippen LogP contribution in [-0.2, 0) is 0 Å². The second-order valence-corrected chi connectivity index (χ2v) is 8.53. The first-order valence-corrected chi connectivity index (χ1v) is 10.7. The first kappa shape index (κ1) is 18.6. The van der Waals surface area contributed by atoms with Gasteiger partial charge in [0.15, 0.2) is 0 Å². The zero-order valence-corrected chi connectivity index (χ0v) is 16.4. The Kier molecular flexibility index (Phi) is 6.65. The molecular formula is C20H31N3OS. The van der Waals surface area contributed by atoms with E-state index in [0.717, 1.165) is 36.5 Å². The molecule has 0 spiro atoms. The van der Waals surface area contributed by atoms with Gasteiger partial charge in [0, 0.05) is 44.2 Å². The van der Waals surface area contributed by atoms with Crippen LogP contribution in [-0.4, -0.2) is 73.5 Å². The molecule has 0 aliphatic carbocycles. The highest BCUT2D eigenvalue weighted by Crippen LogP contribution is 2.22. The minimum absolute atomic E-state index is 0.204. The van der Waals surface area contributed by atoms with Gasteiger partial charge in [-0.25, -0.2) is 0 Å². The molecule has 2 aliphatic heterocycles. The summed E-state index contributed by atoms with van der Waals surface area (Å²) in [6, 6.07) is 8.38. The first-order chi connectivity index (χ1) is 12.1. The van der Waals surface area contributed by atoms with Crippen LogP contribution in [0, 0.1) is 0 Å². The minimum atomic E-state index is 0.204. The zero-order valence-electron chi connectivity index (χ0n) is 15.6. The standard InChI is InChI=1S/C20H31N3OS/c1-21(2)18-9-7-17(8-10-18)20(24)23-13-6-14-25-16-19(23)15-22-11-4-3-5-12-22/h7-10,19H,3-6,11-16H2,1-2H3. The topological polar surface area (TPSA) is 26.8 Å². The largest absolute Gasteiger partial charge is 0.378 e. The summed E-state index contributed by atoms with van der Waals surface area (Å²) in [7, 11) is 4.05. The maximum atomic E-state index is 13.2. The predicted octanol–water partition coefficient (Wildman–Crippen LogP) is 3.19. The lowest BCUT2D eigenvalue weighted by Crippen LogP contribution is -2.49. The van der Waals surface area contributed by atoms with Crippen molar-refractivity contribution in [2.24, 2.45) is 0 Å². The molecule has 0 bridgehead atoms. The van der Waals surface area contributed by atoms with E-state index in [0.29, 0.717) is 6.04 Å². The van der Waals surface area contributed by atoms with Gasteiger partial charge in [0.05, 0.1) is 6.04 Å². The molecule has 1 aromatic rings. The molecule has 0 aromatic heterocycles. The molecule has 2 heterocycles. The van der Waals surface area contributed by atoms with Crippen LogP contribution in [0.4, 0.5) is 5.69 Å². The van der Waals surface area contributed by atoms with Gasteiger partial charge in [0.1, 0.15) is 0 Å². The maximum absolute atomic E-state index is 13.2. The summed E-state index contributed by atoms with van der Waals surface area (Å²) in [4.78, 5) is 20.0. The Morgan fingerprint density at radius 1 is 1.08 bits per heavy atom. The van der Waals surface area contributed by atoms with Crippen molar-refractivity contribution in [2.45, 2.75) is 31.7 Å². The molecule has 5 heteroatoms. The molecule has 3 rings (SSSR count). The van der Waals surface area contributed by atoms with Crippen molar-refractivity contribution in [1.82, 2.24) is 9.80 Å². The van der Waals surface area contributed by atoms with E-state index in [2.05, 4.69) is 14.7 Å². The van der Waals surface area contributed by atoms with Gasteiger partial charge in [-0.2, -0.15) is 11.8 Å². The second kappa shape index (κ2) is 8.95. The lowest BCUT2D eigenvalue weighted by molar-refractivity contribution is 0.0645. The zero-order chi connectivity index (χ0) is 17.6. The highest BCUT2D eigenvalue weighted by Gasteiger charge is 2.28. The molecule has 2 saturated heterocycles. The molecule has 0 radical (unpaired) electrons. The highest BCUT2D eigenvalue weighted by molar-refractivity contribution is 7.99. The van der Waals surface area contributed by atoms with Crippen LogP contribution in [0.3, 0.4) is 0 Å². The fraction of sp³-hybridized carbons (Fsp3) is 0.650. The van der Waals surface area contributed by atoms with Crippen molar-refractivity contribution in [3.05, 3.63) is 29.8 Å². The van der Waals surface area contributed by atoms with Gasteiger partial charge < -0.3 is 14.7 Å². The fourth-order valence-corrected chi connectivity index (χ4v) is 4.81. The number of carbonyl (C=O) groups is 1. The minimum Gasteiger partial charge on any atom is -0.378 e. The van der Waals surface area contributed by atoms with Crippen molar-refractivity contribution in [1.29, 1.82) is 0 Å². The summed E-state index contributed by atoms with van der Waals surface area (Å²) in [5.41, 5.74) is 1.95. The van der Waals surface area contributed by atoms with Crippen LogP contribution in [0.15, 0.2) is 24.3 Å². The molecule has 1 unspecified atom stereocenters. The third-order valence-electron chi connectivity index (χ3n) is 5.25. The molecule has 0 N–H and O–H groups in total. The van der Waals surface area contributed by atoms with E-state index in [-0.39, 0.29) is 5.91 Å².